The average Bonchev–Trinajstić information content (AvgIpc) is 2.18. The van der Waals surface area contributed by atoms with E-state index in [1.807, 2.05) is 20.8 Å². The van der Waals surface area contributed by atoms with E-state index in [1.165, 1.54) is 0 Å². The van der Waals surface area contributed by atoms with Gasteiger partial charge in [-0.05, 0) is 25.6 Å². The van der Waals surface area contributed by atoms with E-state index in [0.717, 1.165) is 13.1 Å². The molecule has 0 aliphatic carbocycles. The van der Waals surface area contributed by atoms with Crippen LogP contribution in [0.3, 0.4) is 0 Å². The van der Waals surface area contributed by atoms with Gasteiger partial charge in [-0.3, -0.25) is 0 Å². The number of hydrogen-bond donors (Lipinski definition) is 1. The first kappa shape index (κ1) is 14.9. The van der Waals surface area contributed by atoms with Crippen molar-refractivity contribution in [3.8, 4) is 0 Å². The fourth-order valence-electron chi connectivity index (χ4n) is 1.39. The number of nitrogens with zero attached hydrogens (tertiary/aromatic N) is 1. The number of sulfone groups is 1. The summed E-state index contributed by atoms with van der Waals surface area (Å²) in [5, 5.41) is 0. The maximum absolute atomic E-state index is 11.7. The van der Waals surface area contributed by atoms with Gasteiger partial charge in [0, 0.05) is 6.54 Å². The normalized spacial score (nSPS) is 14.5. The van der Waals surface area contributed by atoms with Crippen LogP contribution in [0.2, 0.25) is 0 Å². The summed E-state index contributed by atoms with van der Waals surface area (Å²) < 4.78 is 23.3. The van der Waals surface area contributed by atoms with Gasteiger partial charge < -0.3 is 10.6 Å². The van der Waals surface area contributed by atoms with Gasteiger partial charge >= 0.3 is 0 Å². The van der Waals surface area contributed by atoms with Crippen LogP contribution in [-0.4, -0.2) is 51.0 Å². The third kappa shape index (κ3) is 6.87. The molecule has 92 valence electrons. The second kappa shape index (κ2) is 7.19. The van der Waals surface area contributed by atoms with Gasteiger partial charge in [-0.1, -0.05) is 20.8 Å². The Labute approximate surface area is 93.7 Å². The van der Waals surface area contributed by atoms with Gasteiger partial charge in [0.1, 0.15) is 0 Å². The number of nitrogens with two attached hydrogens (primary N) is 1. The Kier molecular flexibility index (Phi) is 7.13. The van der Waals surface area contributed by atoms with E-state index in [2.05, 4.69) is 4.90 Å². The van der Waals surface area contributed by atoms with E-state index in [4.69, 9.17) is 5.73 Å². The fraction of sp³-hybridized carbons (Fsp3) is 1.00. The first-order valence-corrected chi connectivity index (χ1v) is 7.40. The Hall–Kier alpha value is -0.130. The molecule has 4 nitrogen and oxygen atoms in total. The minimum atomic E-state index is -2.93. The summed E-state index contributed by atoms with van der Waals surface area (Å²) in [6, 6.07) is 0. The lowest BCUT2D eigenvalue weighted by Crippen LogP contribution is -2.31. The van der Waals surface area contributed by atoms with Crippen LogP contribution in [0.15, 0.2) is 0 Å². The van der Waals surface area contributed by atoms with E-state index >= 15 is 0 Å². The molecule has 0 aromatic heterocycles. The summed E-state index contributed by atoms with van der Waals surface area (Å²) >= 11 is 0. The average molecular weight is 236 g/mol. The highest BCUT2D eigenvalue weighted by molar-refractivity contribution is 7.91. The highest BCUT2D eigenvalue weighted by Gasteiger charge is 2.15. The third-order valence-corrected chi connectivity index (χ3v) is 4.44. The lowest BCUT2D eigenvalue weighted by molar-refractivity contribution is 0.321. The minimum Gasteiger partial charge on any atom is -0.330 e. The maximum Gasteiger partial charge on any atom is 0.151 e. The highest BCUT2D eigenvalue weighted by atomic mass is 32.2. The van der Waals surface area contributed by atoms with Crippen LogP contribution < -0.4 is 5.73 Å². The Morgan fingerprint density at radius 1 is 1.27 bits per heavy atom. The Morgan fingerprint density at radius 3 is 2.20 bits per heavy atom. The molecule has 5 heteroatoms. The summed E-state index contributed by atoms with van der Waals surface area (Å²) in [6.45, 7) is 8.82. The van der Waals surface area contributed by atoms with Gasteiger partial charge in [0.2, 0.25) is 0 Å². The van der Waals surface area contributed by atoms with Crippen molar-refractivity contribution in [3.63, 3.8) is 0 Å². The molecule has 0 saturated heterocycles. The lowest BCUT2D eigenvalue weighted by atomic mass is 10.2. The molecular weight excluding hydrogens is 212 g/mol. The van der Waals surface area contributed by atoms with Gasteiger partial charge in [0.15, 0.2) is 9.84 Å². The van der Waals surface area contributed by atoms with Gasteiger partial charge in [0.05, 0.1) is 11.5 Å². The van der Waals surface area contributed by atoms with Crippen LogP contribution in [0, 0.1) is 5.92 Å². The van der Waals surface area contributed by atoms with Crippen LogP contribution in [-0.2, 0) is 9.84 Å². The molecule has 1 unspecified atom stereocenters. The zero-order valence-corrected chi connectivity index (χ0v) is 10.9. The predicted octanol–water partition coefficient (Wildman–Crippen LogP) is 0.338. The molecular formula is C10H24N2O2S. The van der Waals surface area contributed by atoms with E-state index in [-0.39, 0.29) is 17.4 Å². The molecule has 0 aliphatic rings. The van der Waals surface area contributed by atoms with E-state index in [0.29, 0.717) is 13.1 Å². The monoisotopic (exact) mass is 236 g/mol. The first-order valence-electron chi connectivity index (χ1n) is 5.58. The molecule has 0 aromatic rings. The van der Waals surface area contributed by atoms with E-state index < -0.39 is 9.84 Å². The molecule has 1 atom stereocenters. The second-order valence-electron chi connectivity index (χ2n) is 3.98. The summed E-state index contributed by atoms with van der Waals surface area (Å²) in [5.41, 5.74) is 5.41. The summed E-state index contributed by atoms with van der Waals surface area (Å²) in [5.74, 6) is 0.524. The molecule has 0 spiro atoms. The second-order valence-corrected chi connectivity index (χ2v) is 6.21. The Balaban J connectivity index is 4.04. The first-order chi connectivity index (χ1) is 6.95. The van der Waals surface area contributed by atoms with Crippen molar-refractivity contribution in [1.29, 1.82) is 0 Å². The van der Waals surface area contributed by atoms with Gasteiger partial charge in [-0.15, -0.1) is 0 Å². The molecule has 0 radical (unpaired) electrons. The van der Waals surface area contributed by atoms with E-state index in [9.17, 15) is 8.42 Å². The SMILES string of the molecule is CCN(CC)CCS(=O)(=O)CC(C)CN. The lowest BCUT2D eigenvalue weighted by Gasteiger charge is -2.18. The molecule has 0 aliphatic heterocycles. The zero-order chi connectivity index (χ0) is 11.9. The third-order valence-electron chi connectivity index (χ3n) is 2.55. The van der Waals surface area contributed by atoms with Crippen molar-refractivity contribution in [2.45, 2.75) is 20.8 Å². The van der Waals surface area contributed by atoms with Crippen LogP contribution in [0.1, 0.15) is 20.8 Å². The molecule has 0 rings (SSSR count). The molecule has 0 fully saturated rings. The Bertz CT molecular complexity index is 248. The summed E-state index contributed by atoms with van der Waals surface area (Å²) in [7, 11) is -2.93. The van der Waals surface area contributed by atoms with Crippen LogP contribution in [0.4, 0.5) is 0 Å². The standard InChI is InChI=1S/C10H24N2O2S/c1-4-12(5-2)6-7-15(13,14)9-10(3)8-11/h10H,4-9,11H2,1-3H3. The van der Waals surface area contributed by atoms with Crippen molar-refractivity contribution in [2.75, 3.05) is 37.7 Å². The van der Waals surface area contributed by atoms with Crippen molar-refractivity contribution < 1.29 is 8.42 Å². The molecule has 0 amide bonds. The smallest absolute Gasteiger partial charge is 0.151 e. The summed E-state index contributed by atoms with van der Waals surface area (Å²) in [6.07, 6.45) is 0. The Morgan fingerprint density at radius 2 is 1.80 bits per heavy atom. The molecule has 0 heterocycles. The van der Waals surface area contributed by atoms with Gasteiger partial charge in [-0.2, -0.15) is 0 Å². The quantitative estimate of drug-likeness (QED) is 0.660. The van der Waals surface area contributed by atoms with Crippen LogP contribution in [0.25, 0.3) is 0 Å². The molecule has 0 bridgehead atoms. The number of hydrogen-bond acceptors (Lipinski definition) is 4. The summed E-state index contributed by atoms with van der Waals surface area (Å²) in [4.78, 5) is 2.12. The largest absolute Gasteiger partial charge is 0.330 e. The molecule has 15 heavy (non-hydrogen) atoms. The maximum atomic E-state index is 11.7. The number of rotatable bonds is 8. The van der Waals surface area contributed by atoms with Crippen molar-refractivity contribution in [1.82, 2.24) is 4.90 Å². The topological polar surface area (TPSA) is 63.4 Å². The van der Waals surface area contributed by atoms with Crippen molar-refractivity contribution in [2.24, 2.45) is 11.7 Å². The van der Waals surface area contributed by atoms with Gasteiger partial charge in [0.25, 0.3) is 0 Å². The van der Waals surface area contributed by atoms with E-state index in [1.54, 1.807) is 0 Å². The molecule has 2 N–H and O–H groups in total. The minimum absolute atomic E-state index is 0.0618. The molecule has 0 aromatic carbocycles. The zero-order valence-electron chi connectivity index (χ0n) is 10.1. The van der Waals surface area contributed by atoms with Crippen molar-refractivity contribution >= 4 is 9.84 Å². The van der Waals surface area contributed by atoms with Gasteiger partial charge in [-0.25, -0.2) is 8.42 Å². The molecule has 0 saturated carbocycles. The fourth-order valence-corrected chi connectivity index (χ4v) is 3.10. The highest BCUT2D eigenvalue weighted by Crippen LogP contribution is 2.01. The predicted molar refractivity (Wildman–Crippen MR) is 64.7 cm³/mol. The van der Waals surface area contributed by atoms with Crippen molar-refractivity contribution in [3.05, 3.63) is 0 Å². The van der Waals surface area contributed by atoms with Crippen LogP contribution in [0.5, 0.6) is 0 Å². The van der Waals surface area contributed by atoms with Crippen LogP contribution >= 0.6 is 0 Å².